The Kier molecular flexibility index (Phi) is 4.13. The highest BCUT2D eigenvalue weighted by atomic mass is 32.2. The van der Waals surface area contributed by atoms with E-state index in [-0.39, 0.29) is 12.6 Å². The SMILES string of the molecule is CC1(C)CN(S(=O)(=O)c2c(F)c(F)c(F)c(F)c2F)C1c1nccn1C1CC1. The van der Waals surface area contributed by atoms with Gasteiger partial charge >= 0.3 is 0 Å². The second-order valence-corrected chi connectivity index (χ2v) is 9.59. The van der Waals surface area contributed by atoms with E-state index in [9.17, 15) is 30.4 Å². The lowest BCUT2D eigenvalue weighted by Crippen LogP contribution is -2.58. The van der Waals surface area contributed by atoms with E-state index in [2.05, 4.69) is 4.98 Å². The number of nitrogens with zero attached hydrogens (tertiary/aromatic N) is 3. The minimum atomic E-state index is -5.01. The zero-order valence-electron chi connectivity index (χ0n) is 14.9. The van der Waals surface area contributed by atoms with Gasteiger partial charge in [-0.3, -0.25) is 0 Å². The summed E-state index contributed by atoms with van der Waals surface area (Å²) in [4.78, 5) is 2.37. The van der Waals surface area contributed by atoms with Gasteiger partial charge in [-0.2, -0.15) is 4.31 Å². The molecule has 1 aliphatic heterocycles. The van der Waals surface area contributed by atoms with E-state index in [0.717, 1.165) is 17.1 Å². The third kappa shape index (κ3) is 2.59. The molecule has 0 radical (unpaired) electrons. The molecule has 2 heterocycles. The smallest absolute Gasteiger partial charge is 0.249 e. The number of hydrogen-bond acceptors (Lipinski definition) is 3. The fourth-order valence-electron chi connectivity index (χ4n) is 3.69. The maximum absolute atomic E-state index is 14.2. The molecular formula is C17H16F5N3O2S. The number of aromatic nitrogens is 2. The molecule has 0 amide bonds. The van der Waals surface area contributed by atoms with Crippen molar-refractivity contribution in [2.24, 2.45) is 5.41 Å². The first-order valence-corrected chi connectivity index (χ1v) is 9.98. The van der Waals surface area contributed by atoms with Crippen molar-refractivity contribution in [1.82, 2.24) is 13.9 Å². The number of hydrogen-bond donors (Lipinski definition) is 0. The monoisotopic (exact) mass is 421 g/mol. The number of benzene rings is 1. The van der Waals surface area contributed by atoms with E-state index in [1.807, 2.05) is 0 Å². The van der Waals surface area contributed by atoms with Crippen molar-refractivity contribution >= 4 is 10.0 Å². The topological polar surface area (TPSA) is 55.2 Å². The van der Waals surface area contributed by atoms with Gasteiger partial charge in [0.15, 0.2) is 28.2 Å². The zero-order chi connectivity index (χ0) is 20.6. The second-order valence-electron chi connectivity index (χ2n) is 7.76. The lowest BCUT2D eigenvalue weighted by atomic mass is 9.76. The first-order chi connectivity index (χ1) is 13.0. The normalized spacial score (nSPS) is 22.3. The molecule has 28 heavy (non-hydrogen) atoms. The largest absolute Gasteiger partial charge is 0.331 e. The highest BCUT2D eigenvalue weighted by Crippen LogP contribution is 2.52. The van der Waals surface area contributed by atoms with Gasteiger partial charge in [0, 0.05) is 30.4 Å². The van der Waals surface area contributed by atoms with Crippen LogP contribution in [0.5, 0.6) is 0 Å². The number of rotatable bonds is 4. The van der Waals surface area contributed by atoms with Crippen molar-refractivity contribution in [1.29, 1.82) is 0 Å². The van der Waals surface area contributed by atoms with Crippen LogP contribution in [-0.2, 0) is 10.0 Å². The van der Waals surface area contributed by atoms with Gasteiger partial charge in [-0.15, -0.1) is 0 Å². The van der Waals surface area contributed by atoms with Crippen molar-refractivity contribution in [3.05, 3.63) is 47.3 Å². The molecule has 1 aromatic carbocycles. The van der Waals surface area contributed by atoms with Crippen molar-refractivity contribution in [3.63, 3.8) is 0 Å². The molecule has 1 saturated heterocycles. The molecule has 4 rings (SSSR count). The molecule has 0 bridgehead atoms. The van der Waals surface area contributed by atoms with Crippen LogP contribution in [0.4, 0.5) is 22.0 Å². The summed E-state index contributed by atoms with van der Waals surface area (Å²) in [6.07, 6.45) is 4.96. The van der Waals surface area contributed by atoms with E-state index >= 15 is 0 Å². The molecular weight excluding hydrogens is 405 g/mol. The summed E-state index contributed by atoms with van der Waals surface area (Å²) >= 11 is 0. The highest BCUT2D eigenvalue weighted by Gasteiger charge is 2.56. The molecule has 1 aliphatic carbocycles. The maximum Gasteiger partial charge on any atom is 0.249 e. The Balaban J connectivity index is 1.84. The summed E-state index contributed by atoms with van der Waals surface area (Å²) in [5.74, 6) is -11.4. The van der Waals surface area contributed by atoms with Crippen LogP contribution in [0.3, 0.4) is 0 Å². The Morgan fingerprint density at radius 2 is 1.54 bits per heavy atom. The highest BCUT2D eigenvalue weighted by molar-refractivity contribution is 7.89. The van der Waals surface area contributed by atoms with Crippen LogP contribution in [0.25, 0.3) is 0 Å². The van der Waals surface area contributed by atoms with Gasteiger partial charge in [-0.1, -0.05) is 13.8 Å². The van der Waals surface area contributed by atoms with Crippen molar-refractivity contribution in [3.8, 4) is 0 Å². The second kappa shape index (κ2) is 5.99. The molecule has 0 spiro atoms. The van der Waals surface area contributed by atoms with E-state index in [0.29, 0.717) is 5.82 Å². The van der Waals surface area contributed by atoms with Gasteiger partial charge in [0.2, 0.25) is 15.8 Å². The number of sulfonamides is 1. The number of imidazole rings is 1. The quantitative estimate of drug-likeness (QED) is 0.430. The summed E-state index contributed by atoms with van der Waals surface area (Å²) in [6.45, 7) is 3.33. The van der Waals surface area contributed by atoms with Crippen molar-refractivity contribution in [2.75, 3.05) is 6.54 Å². The average Bonchev–Trinajstić information content (AvgIpc) is 3.35. The third-order valence-corrected chi connectivity index (χ3v) is 7.04. The van der Waals surface area contributed by atoms with Crippen LogP contribution in [-0.4, -0.2) is 28.8 Å². The van der Waals surface area contributed by atoms with Crippen LogP contribution in [0, 0.1) is 34.5 Å². The van der Waals surface area contributed by atoms with Gasteiger partial charge in [0.25, 0.3) is 0 Å². The summed E-state index contributed by atoms with van der Waals surface area (Å²) in [5, 5.41) is 0. The molecule has 2 aliphatic rings. The number of halogens is 5. The predicted octanol–water partition coefficient (Wildman–Crippen LogP) is 3.69. The molecule has 1 atom stereocenters. The Morgan fingerprint density at radius 3 is 2.04 bits per heavy atom. The van der Waals surface area contributed by atoms with Gasteiger partial charge in [-0.05, 0) is 12.8 Å². The maximum atomic E-state index is 14.2. The molecule has 2 fully saturated rings. The van der Waals surface area contributed by atoms with Crippen LogP contribution in [0.1, 0.15) is 44.6 Å². The molecule has 0 N–H and O–H groups in total. The first kappa shape index (κ1) is 19.3. The van der Waals surface area contributed by atoms with Crippen molar-refractivity contribution in [2.45, 2.75) is 43.7 Å². The predicted molar refractivity (Wildman–Crippen MR) is 87.1 cm³/mol. The molecule has 2 aromatic rings. The molecule has 5 nitrogen and oxygen atoms in total. The lowest BCUT2D eigenvalue weighted by molar-refractivity contribution is 0.0109. The van der Waals surface area contributed by atoms with Crippen LogP contribution >= 0.6 is 0 Å². The molecule has 1 aromatic heterocycles. The third-order valence-electron chi connectivity index (χ3n) is 5.21. The molecule has 11 heteroatoms. The Morgan fingerprint density at radius 1 is 1.00 bits per heavy atom. The minimum Gasteiger partial charge on any atom is -0.331 e. The van der Waals surface area contributed by atoms with Gasteiger partial charge in [0.05, 0.1) is 6.04 Å². The molecule has 1 unspecified atom stereocenters. The van der Waals surface area contributed by atoms with E-state index in [1.165, 1.54) is 6.20 Å². The van der Waals surface area contributed by atoms with Crippen LogP contribution < -0.4 is 0 Å². The van der Waals surface area contributed by atoms with Crippen LogP contribution in [0.15, 0.2) is 17.3 Å². The Bertz CT molecular complexity index is 1050. The fourth-order valence-corrected chi connectivity index (χ4v) is 5.71. The summed E-state index contributed by atoms with van der Waals surface area (Å²) in [6, 6.07) is -0.740. The van der Waals surface area contributed by atoms with Gasteiger partial charge in [0.1, 0.15) is 5.82 Å². The van der Waals surface area contributed by atoms with Crippen molar-refractivity contribution < 1.29 is 30.4 Å². The average molecular weight is 421 g/mol. The zero-order valence-corrected chi connectivity index (χ0v) is 15.7. The molecule has 1 saturated carbocycles. The minimum absolute atomic E-state index is 0.156. The fraction of sp³-hybridized carbons (Fsp3) is 0.471. The standard InChI is InChI=1S/C17H16F5N3O2S/c1-17(2)7-25(15(17)16-23-5-6-24(16)8-3-4-8)28(26,27)14-12(21)10(19)9(18)11(20)13(14)22/h5-6,8,15H,3-4,7H2,1-2H3. The van der Waals surface area contributed by atoms with E-state index in [1.54, 1.807) is 24.6 Å². The van der Waals surface area contributed by atoms with E-state index < -0.39 is 55.5 Å². The van der Waals surface area contributed by atoms with E-state index in [4.69, 9.17) is 0 Å². The first-order valence-electron chi connectivity index (χ1n) is 8.54. The lowest BCUT2D eigenvalue weighted by Gasteiger charge is -2.52. The summed E-state index contributed by atoms with van der Waals surface area (Å²) in [7, 11) is -5.01. The Hall–Kier alpha value is -2.01. The summed E-state index contributed by atoms with van der Waals surface area (Å²) < 4.78 is 97.1. The summed E-state index contributed by atoms with van der Waals surface area (Å²) in [5.41, 5.74) is -0.644. The van der Waals surface area contributed by atoms with Crippen LogP contribution in [0.2, 0.25) is 0 Å². The van der Waals surface area contributed by atoms with Gasteiger partial charge in [-0.25, -0.2) is 35.4 Å². The van der Waals surface area contributed by atoms with Gasteiger partial charge < -0.3 is 4.57 Å². The Labute approximate surface area is 157 Å². The molecule has 152 valence electrons.